The Morgan fingerprint density at radius 2 is 1.61 bits per heavy atom. The van der Waals surface area contributed by atoms with Crippen LogP contribution in [0.5, 0.6) is 0 Å². The van der Waals surface area contributed by atoms with E-state index in [-0.39, 0.29) is 30.7 Å². The highest BCUT2D eigenvalue weighted by atomic mass is 32.1. The number of aryl methyl sites for hydroxylation is 1. The van der Waals surface area contributed by atoms with Gasteiger partial charge in [-0.25, -0.2) is 4.98 Å². The van der Waals surface area contributed by atoms with Crippen molar-refractivity contribution in [2.75, 3.05) is 11.9 Å². The number of amides is 3. The lowest BCUT2D eigenvalue weighted by Gasteiger charge is -2.12. The van der Waals surface area contributed by atoms with Gasteiger partial charge in [0.05, 0.1) is 16.8 Å². The van der Waals surface area contributed by atoms with Crippen molar-refractivity contribution in [2.45, 2.75) is 13.3 Å². The highest BCUT2D eigenvalue weighted by Crippen LogP contribution is 2.30. The predicted molar refractivity (Wildman–Crippen MR) is 107 cm³/mol. The Morgan fingerprint density at radius 3 is 2.25 bits per heavy atom. The summed E-state index contributed by atoms with van der Waals surface area (Å²) in [5, 5.41) is 3.27. The quantitative estimate of drug-likeness (QED) is 0.672. The molecule has 0 spiro atoms. The van der Waals surface area contributed by atoms with E-state index >= 15 is 0 Å². The van der Waals surface area contributed by atoms with Gasteiger partial charge in [-0.15, -0.1) is 11.3 Å². The third kappa shape index (κ3) is 3.32. The van der Waals surface area contributed by atoms with Crippen LogP contribution in [0.25, 0.3) is 11.3 Å². The average Bonchev–Trinajstić information content (AvgIpc) is 3.19. The van der Waals surface area contributed by atoms with E-state index in [1.807, 2.05) is 37.3 Å². The largest absolute Gasteiger partial charge is 0.302 e. The van der Waals surface area contributed by atoms with Gasteiger partial charge in [0.15, 0.2) is 5.13 Å². The molecule has 6 nitrogen and oxygen atoms in total. The van der Waals surface area contributed by atoms with E-state index in [9.17, 15) is 14.4 Å². The summed E-state index contributed by atoms with van der Waals surface area (Å²) >= 11 is 1.40. The van der Waals surface area contributed by atoms with Gasteiger partial charge in [0.1, 0.15) is 0 Å². The summed E-state index contributed by atoms with van der Waals surface area (Å²) in [5.41, 5.74) is 2.59. The van der Waals surface area contributed by atoms with Crippen LogP contribution >= 0.6 is 11.3 Å². The van der Waals surface area contributed by atoms with Crippen LogP contribution < -0.4 is 5.32 Å². The van der Waals surface area contributed by atoms with E-state index in [0.717, 1.165) is 21.0 Å². The molecule has 0 radical (unpaired) electrons. The Kier molecular flexibility index (Phi) is 4.75. The number of nitrogens with one attached hydrogen (secondary N) is 1. The Morgan fingerprint density at radius 1 is 1.00 bits per heavy atom. The molecule has 1 aliphatic heterocycles. The van der Waals surface area contributed by atoms with Crippen molar-refractivity contribution in [3.63, 3.8) is 0 Å². The molecular formula is C21H17N3O3S. The lowest BCUT2D eigenvalue weighted by atomic mass is 10.1. The fourth-order valence-electron chi connectivity index (χ4n) is 3.15. The molecule has 1 aliphatic rings. The first-order valence-corrected chi connectivity index (χ1v) is 9.64. The Hall–Kier alpha value is -3.32. The number of carbonyl (C=O) groups excluding carboxylic acids is 3. The smallest absolute Gasteiger partial charge is 0.261 e. The number of rotatable bonds is 5. The highest BCUT2D eigenvalue weighted by molar-refractivity contribution is 7.16. The van der Waals surface area contributed by atoms with E-state index in [2.05, 4.69) is 10.3 Å². The lowest BCUT2D eigenvalue weighted by Crippen LogP contribution is -2.32. The molecule has 0 atom stereocenters. The van der Waals surface area contributed by atoms with Crippen molar-refractivity contribution >= 4 is 34.2 Å². The molecule has 1 N–H and O–H groups in total. The standard InChI is InChI=1S/C21H17N3O3S/c1-13-18(14-7-3-2-4-8-14)23-21(28-13)22-17(25)11-12-24-19(26)15-9-5-6-10-16(15)20(24)27/h2-10H,11-12H2,1H3,(H,22,23,25). The minimum Gasteiger partial charge on any atom is -0.302 e. The van der Waals surface area contributed by atoms with Gasteiger partial charge in [0.25, 0.3) is 11.8 Å². The Balaban J connectivity index is 1.40. The second kappa shape index (κ2) is 7.36. The minimum absolute atomic E-state index is 0.0186. The van der Waals surface area contributed by atoms with Crippen LogP contribution in [0.15, 0.2) is 54.6 Å². The molecular weight excluding hydrogens is 374 g/mol. The summed E-state index contributed by atoms with van der Waals surface area (Å²) in [7, 11) is 0. The topological polar surface area (TPSA) is 79.4 Å². The third-order valence-corrected chi connectivity index (χ3v) is 5.42. The summed E-state index contributed by atoms with van der Waals surface area (Å²) in [4.78, 5) is 43.6. The van der Waals surface area contributed by atoms with Crippen molar-refractivity contribution in [2.24, 2.45) is 0 Å². The number of hydrogen-bond acceptors (Lipinski definition) is 5. The van der Waals surface area contributed by atoms with Gasteiger partial charge in [-0.05, 0) is 19.1 Å². The first kappa shape index (κ1) is 18.1. The zero-order chi connectivity index (χ0) is 19.7. The molecule has 1 aromatic heterocycles. The van der Waals surface area contributed by atoms with Gasteiger partial charge in [-0.1, -0.05) is 42.5 Å². The highest BCUT2D eigenvalue weighted by Gasteiger charge is 2.35. The van der Waals surface area contributed by atoms with Crippen LogP contribution in [0.3, 0.4) is 0 Å². The third-order valence-electron chi connectivity index (χ3n) is 4.53. The number of fused-ring (bicyclic) bond motifs is 1. The molecule has 0 bridgehead atoms. The number of nitrogens with zero attached hydrogens (tertiary/aromatic N) is 2. The zero-order valence-electron chi connectivity index (χ0n) is 15.1. The van der Waals surface area contributed by atoms with E-state index < -0.39 is 0 Å². The molecule has 2 aromatic carbocycles. The van der Waals surface area contributed by atoms with Crippen LogP contribution in [0, 0.1) is 6.92 Å². The van der Waals surface area contributed by atoms with Crippen LogP contribution in [0.1, 0.15) is 32.0 Å². The van der Waals surface area contributed by atoms with Gasteiger partial charge in [0.2, 0.25) is 5.91 Å². The first-order chi connectivity index (χ1) is 13.5. The van der Waals surface area contributed by atoms with Gasteiger partial charge in [-0.3, -0.25) is 19.3 Å². The molecule has 0 aliphatic carbocycles. The summed E-state index contributed by atoms with van der Waals surface area (Å²) in [6.45, 7) is 1.99. The van der Waals surface area contributed by atoms with Crippen LogP contribution in [0.2, 0.25) is 0 Å². The molecule has 0 unspecified atom stereocenters. The number of aromatic nitrogens is 1. The summed E-state index contributed by atoms with van der Waals surface area (Å²) in [6.07, 6.45) is 0.0186. The molecule has 0 saturated heterocycles. The van der Waals surface area contributed by atoms with Crippen LogP contribution in [-0.4, -0.2) is 34.2 Å². The normalized spacial score (nSPS) is 13.0. The van der Waals surface area contributed by atoms with Crippen molar-refractivity contribution in [3.05, 3.63) is 70.6 Å². The number of anilines is 1. The second-order valence-electron chi connectivity index (χ2n) is 6.40. The molecule has 2 heterocycles. The molecule has 4 rings (SSSR count). The first-order valence-electron chi connectivity index (χ1n) is 8.82. The van der Waals surface area contributed by atoms with Gasteiger partial charge in [0, 0.05) is 23.4 Å². The zero-order valence-corrected chi connectivity index (χ0v) is 16.0. The maximum Gasteiger partial charge on any atom is 0.261 e. The van der Waals surface area contributed by atoms with Crippen molar-refractivity contribution in [1.29, 1.82) is 0 Å². The molecule has 3 amide bonds. The van der Waals surface area contributed by atoms with E-state index in [1.54, 1.807) is 24.3 Å². The maximum atomic E-state index is 12.3. The summed E-state index contributed by atoms with van der Waals surface area (Å²) in [6, 6.07) is 16.4. The molecule has 7 heteroatoms. The fourth-order valence-corrected chi connectivity index (χ4v) is 4.00. The average molecular weight is 391 g/mol. The van der Waals surface area contributed by atoms with Gasteiger partial charge in [-0.2, -0.15) is 0 Å². The SMILES string of the molecule is Cc1sc(NC(=O)CCN2C(=O)c3ccccc3C2=O)nc1-c1ccccc1. The number of imide groups is 1. The lowest BCUT2D eigenvalue weighted by molar-refractivity contribution is -0.116. The second-order valence-corrected chi connectivity index (χ2v) is 7.60. The summed E-state index contributed by atoms with van der Waals surface area (Å²) < 4.78 is 0. The molecule has 3 aromatic rings. The van der Waals surface area contributed by atoms with Crippen LogP contribution in [0.4, 0.5) is 5.13 Å². The number of carbonyl (C=O) groups is 3. The van der Waals surface area contributed by atoms with Crippen LogP contribution in [-0.2, 0) is 4.79 Å². The van der Waals surface area contributed by atoms with E-state index in [0.29, 0.717) is 16.3 Å². The van der Waals surface area contributed by atoms with E-state index in [1.165, 1.54) is 11.3 Å². The van der Waals surface area contributed by atoms with Crippen molar-refractivity contribution in [1.82, 2.24) is 9.88 Å². The predicted octanol–water partition coefficient (Wildman–Crippen LogP) is 3.74. The van der Waals surface area contributed by atoms with Gasteiger partial charge >= 0.3 is 0 Å². The van der Waals surface area contributed by atoms with Gasteiger partial charge < -0.3 is 5.32 Å². The number of thiazole rings is 1. The molecule has 0 saturated carbocycles. The van der Waals surface area contributed by atoms with Crippen molar-refractivity contribution in [3.8, 4) is 11.3 Å². The number of benzene rings is 2. The Labute approximate surface area is 165 Å². The van der Waals surface area contributed by atoms with E-state index in [4.69, 9.17) is 0 Å². The minimum atomic E-state index is -0.357. The summed E-state index contributed by atoms with van der Waals surface area (Å²) in [5.74, 6) is -1.00. The number of hydrogen-bond donors (Lipinski definition) is 1. The monoisotopic (exact) mass is 391 g/mol. The molecule has 0 fully saturated rings. The van der Waals surface area contributed by atoms with Crippen molar-refractivity contribution < 1.29 is 14.4 Å². The fraction of sp³-hybridized carbons (Fsp3) is 0.143. The molecule has 28 heavy (non-hydrogen) atoms. The Bertz CT molecular complexity index is 1040. The molecule has 140 valence electrons. The maximum absolute atomic E-state index is 12.3.